The number of aromatic nitrogens is 2. The number of likely N-dealkylation sites (N-methyl/N-ethyl adjacent to an activating group) is 1. The Labute approximate surface area is 149 Å². The molecule has 23 heavy (non-hydrogen) atoms. The molecule has 0 saturated heterocycles. The highest BCUT2D eigenvalue weighted by Gasteiger charge is 2.21. The second kappa shape index (κ2) is 7.64. The molecule has 0 aliphatic rings. The van der Waals surface area contributed by atoms with E-state index in [2.05, 4.69) is 28.5 Å². The van der Waals surface area contributed by atoms with Crippen LogP contribution in [0, 0.1) is 18.3 Å². The molecule has 118 valence electrons. The summed E-state index contributed by atoms with van der Waals surface area (Å²) >= 11 is 11.7. The lowest BCUT2D eigenvalue weighted by molar-refractivity contribution is -0.114. The number of thiazole rings is 1. The summed E-state index contributed by atoms with van der Waals surface area (Å²) in [6, 6.07) is 3.70. The summed E-state index contributed by atoms with van der Waals surface area (Å²) in [6.45, 7) is 1.81. The Morgan fingerprint density at radius 2 is 2.35 bits per heavy atom. The number of allylic oxidation sites excluding steroid dienone is 1. The fourth-order valence-corrected chi connectivity index (χ4v) is 3.39. The van der Waals surface area contributed by atoms with Crippen LogP contribution in [-0.4, -0.2) is 22.9 Å². The summed E-state index contributed by atoms with van der Waals surface area (Å²) in [5.74, 6) is 2.06. The number of carbonyl (C=O) groups is 1. The van der Waals surface area contributed by atoms with E-state index < -0.39 is 0 Å². The minimum absolute atomic E-state index is 0.178. The normalized spacial score (nSPS) is 12.6. The van der Waals surface area contributed by atoms with Gasteiger partial charge < -0.3 is 0 Å². The number of anilines is 1. The predicted molar refractivity (Wildman–Crippen MR) is 98.8 cm³/mol. The number of rotatable bonds is 4. The molecule has 1 atom stereocenters. The van der Waals surface area contributed by atoms with Crippen LogP contribution < -0.4 is 4.90 Å². The van der Waals surface area contributed by atoms with E-state index in [1.165, 1.54) is 16.2 Å². The molecule has 0 spiro atoms. The van der Waals surface area contributed by atoms with Crippen LogP contribution in [0.5, 0.6) is 0 Å². The van der Waals surface area contributed by atoms with Crippen LogP contribution in [0.15, 0.2) is 35.5 Å². The van der Waals surface area contributed by atoms with Gasteiger partial charge in [-0.3, -0.25) is 14.7 Å². The summed E-state index contributed by atoms with van der Waals surface area (Å²) < 4.78 is 0. The summed E-state index contributed by atoms with van der Waals surface area (Å²) in [5.41, 5.74) is 0.842. The zero-order valence-corrected chi connectivity index (χ0v) is 15.0. The summed E-state index contributed by atoms with van der Waals surface area (Å²) in [6.07, 6.45) is 10.3. The van der Waals surface area contributed by atoms with Crippen LogP contribution in [0.2, 0.25) is 5.15 Å². The smallest absolute Gasteiger partial charge is 0.264 e. The first kappa shape index (κ1) is 17.5. The van der Waals surface area contributed by atoms with Gasteiger partial charge in [-0.2, -0.15) is 0 Å². The molecular formula is C16H14ClN3OS2. The van der Waals surface area contributed by atoms with E-state index >= 15 is 0 Å². The van der Waals surface area contributed by atoms with Crippen LogP contribution in [0.4, 0.5) is 5.00 Å². The Balaban J connectivity index is 2.29. The number of carbonyl (C=O) groups excluding carboxylic acids is 1. The van der Waals surface area contributed by atoms with Crippen molar-refractivity contribution in [1.82, 2.24) is 9.97 Å². The number of halogens is 1. The summed E-state index contributed by atoms with van der Waals surface area (Å²) in [5, 5.41) is 1.50. The largest absolute Gasteiger partial charge is 0.300 e. The zero-order valence-electron chi connectivity index (χ0n) is 12.5. The van der Waals surface area contributed by atoms with Crippen molar-refractivity contribution in [2.45, 2.75) is 6.92 Å². The lowest BCUT2D eigenvalue weighted by Crippen LogP contribution is -2.26. The Morgan fingerprint density at radius 1 is 1.61 bits per heavy atom. The van der Waals surface area contributed by atoms with Crippen LogP contribution in [-0.2, 0) is 4.79 Å². The molecule has 0 aliphatic heterocycles. The van der Waals surface area contributed by atoms with E-state index in [9.17, 15) is 4.79 Å². The molecule has 0 N–H and O–H groups in total. The van der Waals surface area contributed by atoms with Gasteiger partial charge in [0.15, 0.2) is 5.15 Å². The van der Waals surface area contributed by atoms with Crippen LogP contribution in [0.1, 0.15) is 6.92 Å². The number of pyridine rings is 1. The molecule has 7 heteroatoms. The molecule has 2 aromatic heterocycles. The molecule has 0 bridgehead atoms. The number of hydrogen-bond acceptors (Lipinski definition) is 5. The number of terminal acetylenes is 1. The van der Waals surface area contributed by atoms with Gasteiger partial charge in [-0.15, -0.1) is 19.1 Å². The highest BCUT2D eigenvalue weighted by Crippen LogP contribution is 2.37. The van der Waals surface area contributed by atoms with E-state index in [1.54, 1.807) is 25.5 Å². The Bertz CT molecular complexity index is 780. The molecule has 4 nitrogen and oxygen atoms in total. The monoisotopic (exact) mass is 363 g/mol. The number of nitrogens with zero attached hydrogens (tertiary/aromatic N) is 3. The van der Waals surface area contributed by atoms with Crippen molar-refractivity contribution in [3.63, 3.8) is 0 Å². The van der Waals surface area contributed by atoms with E-state index in [0.29, 0.717) is 10.0 Å². The van der Waals surface area contributed by atoms with Crippen LogP contribution in [0.3, 0.4) is 0 Å². The van der Waals surface area contributed by atoms with Crippen molar-refractivity contribution in [3.05, 3.63) is 40.7 Å². The first-order chi connectivity index (χ1) is 10.9. The third kappa shape index (κ3) is 4.14. The van der Waals surface area contributed by atoms with E-state index in [1.807, 2.05) is 19.1 Å². The number of thiol groups is 1. The van der Waals surface area contributed by atoms with Crippen molar-refractivity contribution in [2.75, 3.05) is 11.9 Å². The standard InChI is InChI=1S/C16H14ClN3OS2/c1-4-10(2)8-12(22)15(21)20(3)16-13(17)19-14(23-16)11-6-5-7-18-9-11/h1,5-10,22H,2-3H3/b12-8-. The molecule has 1 amide bonds. The van der Waals surface area contributed by atoms with Crippen molar-refractivity contribution in [2.24, 2.45) is 5.92 Å². The van der Waals surface area contributed by atoms with Gasteiger partial charge in [0.05, 0.1) is 4.91 Å². The van der Waals surface area contributed by atoms with Gasteiger partial charge >= 0.3 is 0 Å². The number of amides is 1. The molecule has 0 radical (unpaired) electrons. The molecule has 2 heterocycles. The molecule has 1 unspecified atom stereocenters. The highest BCUT2D eigenvalue weighted by atomic mass is 35.5. The molecule has 2 rings (SSSR count). The van der Waals surface area contributed by atoms with Gasteiger partial charge in [-0.05, 0) is 19.1 Å². The minimum Gasteiger partial charge on any atom is -0.300 e. The minimum atomic E-state index is -0.293. The third-order valence-corrected chi connectivity index (χ3v) is 4.87. The fraction of sp³-hybridized carbons (Fsp3) is 0.188. The van der Waals surface area contributed by atoms with Gasteiger partial charge in [0.2, 0.25) is 0 Å². The highest BCUT2D eigenvalue weighted by molar-refractivity contribution is 7.85. The maximum atomic E-state index is 12.4. The summed E-state index contributed by atoms with van der Waals surface area (Å²) in [7, 11) is 1.62. The van der Waals surface area contributed by atoms with Crippen molar-refractivity contribution in [3.8, 4) is 22.9 Å². The molecule has 0 saturated carbocycles. The van der Waals surface area contributed by atoms with Crippen LogP contribution in [0.25, 0.3) is 10.6 Å². The van der Waals surface area contributed by atoms with Crippen molar-refractivity contribution in [1.29, 1.82) is 0 Å². The molecule has 2 aromatic rings. The van der Waals surface area contributed by atoms with Crippen molar-refractivity contribution < 1.29 is 4.79 Å². The third-order valence-electron chi connectivity index (χ3n) is 2.98. The average molecular weight is 364 g/mol. The lowest BCUT2D eigenvalue weighted by atomic mass is 10.2. The first-order valence-corrected chi connectivity index (χ1v) is 8.30. The van der Waals surface area contributed by atoms with Gasteiger partial charge in [0.25, 0.3) is 5.91 Å². The lowest BCUT2D eigenvalue weighted by Gasteiger charge is -2.15. The van der Waals surface area contributed by atoms with Crippen molar-refractivity contribution >= 4 is 46.5 Å². The zero-order chi connectivity index (χ0) is 17.0. The maximum Gasteiger partial charge on any atom is 0.264 e. The Morgan fingerprint density at radius 3 is 2.96 bits per heavy atom. The van der Waals surface area contributed by atoms with E-state index in [-0.39, 0.29) is 21.9 Å². The van der Waals surface area contributed by atoms with Gasteiger partial charge in [0.1, 0.15) is 10.0 Å². The van der Waals surface area contributed by atoms with E-state index in [0.717, 1.165) is 5.56 Å². The Kier molecular flexibility index (Phi) is 5.83. The average Bonchev–Trinajstić information content (AvgIpc) is 2.95. The molecule has 0 aromatic carbocycles. The molecule has 0 aliphatic carbocycles. The van der Waals surface area contributed by atoms with E-state index in [4.69, 9.17) is 18.0 Å². The van der Waals surface area contributed by atoms with Gasteiger partial charge in [-0.1, -0.05) is 34.9 Å². The number of hydrogen-bond donors (Lipinski definition) is 1. The van der Waals surface area contributed by atoms with Gasteiger partial charge in [-0.25, -0.2) is 4.98 Å². The second-order valence-electron chi connectivity index (χ2n) is 4.73. The van der Waals surface area contributed by atoms with Gasteiger partial charge in [0, 0.05) is 30.9 Å². The predicted octanol–water partition coefficient (Wildman–Crippen LogP) is 3.90. The fourth-order valence-electron chi connectivity index (χ4n) is 1.73. The molecular weight excluding hydrogens is 350 g/mol. The summed E-state index contributed by atoms with van der Waals surface area (Å²) in [4.78, 5) is 22.4. The second-order valence-corrected chi connectivity index (χ2v) is 6.55. The quantitative estimate of drug-likeness (QED) is 0.509. The Hall–Kier alpha value is -1.81. The maximum absolute atomic E-state index is 12.4. The topological polar surface area (TPSA) is 46.1 Å². The first-order valence-electron chi connectivity index (χ1n) is 6.65. The van der Waals surface area contributed by atoms with Crippen LogP contribution >= 0.6 is 35.6 Å². The molecule has 0 fully saturated rings. The SMILES string of the molecule is C#CC(C)/C=C(\S)C(=O)N(C)c1sc(-c2cccnc2)nc1Cl.